The Balaban J connectivity index is 1.99. The maximum absolute atomic E-state index is 11.9. The summed E-state index contributed by atoms with van der Waals surface area (Å²) in [5.41, 5.74) is 5.03. The van der Waals surface area contributed by atoms with Crippen molar-refractivity contribution in [1.29, 1.82) is 0 Å². The van der Waals surface area contributed by atoms with Gasteiger partial charge in [-0.15, -0.1) is 0 Å². The van der Waals surface area contributed by atoms with Gasteiger partial charge in [0.05, 0.1) is 0 Å². The fourth-order valence-corrected chi connectivity index (χ4v) is 10.5. The van der Waals surface area contributed by atoms with Crippen LogP contribution in [0.4, 0.5) is 0 Å². The highest BCUT2D eigenvalue weighted by Crippen LogP contribution is 2.54. The van der Waals surface area contributed by atoms with E-state index in [1.54, 1.807) is 24.3 Å². The summed E-state index contributed by atoms with van der Waals surface area (Å²) in [5.74, 6) is 0.861. The molecule has 0 aliphatic heterocycles. The van der Waals surface area contributed by atoms with Crippen molar-refractivity contribution in [3.05, 3.63) is 91.0 Å². The maximum Gasteiger partial charge on any atom is 0.127 e. The molecule has 304 valence electrons. The van der Waals surface area contributed by atoms with Gasteiger partial charge in [-0.1, -0.05) is 55.4 Å². The third-order valence-corrected chi connectivity index (χ3v) is 14.9. The van der Waals surface area contributed by atoms with Gasteiger partial charge in [-0.25, -0.2) is 0 Å². The van der Waals surface area contributed by atoms with Crippen LogP contribution in [0.2, 0.25) is 0 Å². The molecule has 0 unspecified atom stereocenters. The first-order valence-corrected chi connectivity index (χ1v) is 23.9. The van der Waals surface area contributed by atoms with E-state index in [0.29, 0.717) is 89.8 Å². The summed E-state index contributed by atoms with van der Waals surface area (Å²) in [7, 11) is 0. The van der Waals surface area contributed by atoms with Gasteiger partial charge in [0.2, 0.25) is 0 Å². The number of thioether (sulfide) groups is 4. The van der Waals surface area contributed by atoms with E-state index in [4.69, 9.17) is 0 Å². The van der Waals surface area contributed by atoms with Crippen molar-refractivity contribution in [2.24, 2.45) is 0 Å². The predicted molar refractivity (Wildman–Crippen MR) is 236 cm³/mol. The zero-order valence-corrected chi connectivity index (χ0v) is 36.8. The standard InChI is InChI=1S/C44H56O8S4/c1-9-53-17-33-37(45)25-13-26(38(33)46)22(6)28-15-30(42(50)35(40(28)48)19-55-11-3)24(8)32-16-31(43(51)36(44(32)52)20-56-12-4)23(7)29-14-27(21(25)5)39(47)34(41(29)49)18-54-10-2/h13-16,21-24,45-52H,9-12,17-20H2,1-8H3. The number of hydrogen-bond acceptors (Lipinski definition) is 12. The Kier molecular flexibility index (Phi) is 14.5. The maximum atomic E-state index is 11.9. The van der Waals surface area contributed by atoms with Gasteiger partial charge in [-0.3, -0.25) is 0 Å². The average molecular weight is 841 g/mol. The molecule has 1 aliphatic carbocycles. The van der Waals surface area contributed by atoms with Crippen molar-refractivity contribution in [3.63, 3.8) is 0 Å². The summed E-state index contributed by atoms with van der Waals surface area (Å²) in [5, 5.41) is 95.6. The van der Waals surface area contributed by atoms with E-state index in [-0.39, 0.29) is 46.0 Å². The van der Waals surface area contributed by atoms with Crippen LogP contribution in [0, 0.1) is 0 Å². The topological polar surface area (TPSA) is 162 Å². The summed E-state index contributed by atoms with van der Waals surface area (Å²) in [6, 6.07) is 6.93. The molecule has 56 heavy (non-hydrogen) atoms. The monoisotopic (exact) mass is 840 g/mol. The molecule has 0 aromatic heterocycles. The average Bonchev–Trinajstić information content (AvgIpc) is 3.17. The first kappa shape index (κ1) is 43.8. The number of phenolic OH excluding ortho intramolecular Hbond substituents is 8. The second-order valence-electron chi connectivity index (χ2n) is 14.4. The minimum Gasteiger partial charge on any atom is -0.507 e. The second-order valence-corrected chi connectivity index (χ2v) is 19.5. The summed E-state index contributed by atoms with van der Waals surface area (Å²) in [6.07, 6.45) is 0. The highest BCUT2D eigenvalue weighted by Gasteiger charge is 2.34. The zero-order chi connectivity index (χ0) is 41.2. The normalized spacial score (nSPS) is 18.0. The smallest absolute Gasteiger partial charge is 0.127 e. The molecule has 0 heterocycles. The minimum atomic E-state index is -0.641. The number of aromatic hydroxyl groups is 8. The van der Waals surface area contributed by atoms with Crippen molar-refractivity contribution in [3.8, 4) is 46.0 Å². The number of rotatable bonds is 12. The van der Waals surface area contributed by atoms with Crippen LogP contribution in [-0.2, 0) is 23.0 Å². The molecule has 8 nitrogen and oxygen atoms in total. The Bertz CT molecular complexity index is 1680. The number of phenols is 8. The third-order valence-electron chi connectivity index (χ3n) is 11.3. The van der Waals surface area contributed by atoms with Crippen LogP contribution in [0.3, 0.4) is 0 Å². The molecule has 0 saturated carbocycles. The van der Waals surface area contributed by atoms with E-state index in [2.05, 4.69) is 0 Å². The Hall–Kier alpha value is -3.32. The summed E-state index contributed by atoms with van der Waals surface area (Å²) in [6.45, 7) is 15.4. The molecule has 8 N–H and O–H groups in total. The van der Waals surface area contributed by atoms with E-state index in [9.17, 15) is 40.9 Å². The number of benzene rings is 4. The molecule has 0 radical (unpaired) electrons. The molecule has 4 aromatic rings. The first-order valence-electron chi connectivity index (χ1n) is 19.3. The summed E-state index contributed by atoms with van der Waals surface area (Å²) >= 11 is 6.15. The Morgan fingerprint density at radius 2 is 0.464 bits per heavy atom. The molecular weight excluding hydrogens is 785 g/mol. The van der Waals surface area contributed by atoms with Crippen LogP contribution in [0.5, 0.6) is 46.0 Å². The van der Waals surface area contributed by atoms with E-state index >= 15 is 0 Å². The predicted octanol–water partition coefficient (Wildman–Crippen LogP) is 11.3. The third kappa shape index (κ3) is 8.05. The van der Waals surface area contributed by atoms with Crippen molar-refractivity contribution in [2.75, 3.05) is 23.0 Å². The lowest BCUT2D eigenvalue weighted by molar-refractivity contribution is 0.421. The quantitative estimate of drug-likeness (QED) is 0.0683. The van der Waals surface area contributed by atoms with Crippen molar-refractivity contribution < 1.29 is 40.9 Å². The molecular formula is C44H56O8S4. The summed E-state index contributed by atoms with van der Waals surface area (Å²) < 4.78 is 0. The van der Waals surface area contributed by atoms with E-state index in [1.807, 2.05) is 55.4 Å². The molecule has 12 heteroatoms. The number of hydrogen-bond donors (Lipinski definition) is 8. The van der Waals surface area contributed by atoms with Crippen LogP contribution >= 0.6 is 47.0 Å². The largest absolute Gasteiger partial charge is 0.507 e. The van der Waals surface area contributed by atoms with Crippen molar-refractivity contribution >= 4 is 47.0 Å². The van der Waals surface area contributed by atoms with Crippen LogP contribution in [-0.4, -0.2) is 63.9 Å². The molecule has 0 spiro atoms. The van der Waals surface area contributed by atoms with Crippen LogP contribution < -0.4 is 0 Å². The second kappa shape index (κ2) is 18.5. The molecule has 0 amide bonds. The van der Waals surface area contributed by atoms with Gasteiger partial charge >= 0.3 is 0 Å². The lowest BCUT2D eigenvalue weighted by Crippen LogP contribution is -2.10. The molecule has 5 rings (SSSR count). The van der Waals surface area contributed by atoms with Gasteiger partial charge in [-0.2, -0.15) is 47.0 Å². The highest BCUT2D eigenvalue weighted by molar-refractivity contribution is 7.99. The van der Waals surface area contributed by atoms with Gasteiger partial charge in [0.25, 0.3) is 0 Å². The van der Waals surface area contributed by atoms with Crippen LogP contribution in [0.15, 0.2) is 24.3 Å². The molecule has 4 aromatic carbocycles. The van der Waals surface area contributed by atoms with Gasteiger partial charge in [-0.05, 0) is 47.3 Å². The van der Waals surface area contributed by atoms with E-state index in [0.717, 1.165) is 23.0 Å². The van der Waals surface area contributed by atoms with Gasteiger partial charge in [0.1, 0.15) is 46.0 Å². The van der Waals surface area contributed by atoms with Crippen LogP contribution in [0.1, 0.15) is 146 Å². The van der Waals surface area contributed by atoms with E-state index < -0.39 is 23.7 Å². The molecule has 0 saturated heterocycles. The van der Waals surface area contributed by atoms with E-state index in [1.165, 1.54) is 47.0 Å². The summed E-state index contributed by atoms with van der Waals surface area (Å²) in [4.78, 5) is 0. The Morgan fingerprint density at radius 3 is 0.589 bits per heavy atom. The van der Waals surface area contributed by atoms with Gasteiger partial charge < -0.3 is 40.9 Å². The molecule has 0 fully saturated rings. The lowest BCUT2D eigenvalue weighted by Gasteiger charge is -2.29. The highest BCUT2D eigenvalue weighted by atomic mass is 32.2. The molecule has 1 aliphatic rings. The number of fused-ring (bicyclic) bond motifs is 8. The molecule has 0 atom stereocenters. The minimum absolute atomic E-state index is 0.0947. The van der Waals surface area contributed by atoms with Gasteiger partial charge in [0.15, 0.2) is 0 Å². The lowest BCUT2D eigenvalue weighted by atomic mass is 9.78. The fourth-order valence-electron chi connectivity index (χ4n) is 7.73. The van der Waals surface area contributed by atoms with Gasteiger partial charge in [0, 0.05) is 113 Å². The van der Waals surface area contributed by atoms with Crippen molar-refractivity contribution in [1.82, 2.24) is 0 Å². The SMILES string of the molecule is CCSCc1c(O)c2cc(c1O)C(C)c1cc(c(O)c(CSCC)c1O)C(C)c1cc(c(O)c(CSCC)c1O)C(C)c1cc(c(O)c(CSCC)c1O)C2C. The fraction of sp³-hybridized carbons (Fsp3) is 0.455. The van der Waals surface area contributed by atoms with Crippen LogP contribution in [0.25, 0.3) is 0 Å². The Labute approximate surface area is 348 Å². The Morgan fingerprint density at radius 1 is 0.321 bits per heavy atom. The molecule has 8 bridgehead atoms. The zero-order valence-electron chi connectivity index (χ0n) is 33.5. The van der Waals surface area contributed by atoms with Crippen molar-refractivity contribution in [2.45, 2.75) is 102 Å². The first-order chi connectivity index (χ1) is 26.7.